The summed E-state index contributed by atoms with van der Waals surface area (Å²) >= 11 is 0. The fourth-order valence-corrected chi connectivity index (χ4v) is 3.13. The molecule has 1 saturated heterocycles. The van der Waals surface area contributed by atoms with E-state index in [1.165, 1.54) is 0 Å². The fourth-order valence-electron chi connectivity index (χ4n) is 1.79. The summed E-state index contributed by atoms with van der Waals surface area (Å²) in [4.78, 5) is 0. The average Bonchev–Trinajstić information content (AvgIpc) is 2.29. The lowest BCUT2D eigenvalue weighted by molar-refractivity contribution is 0.412. The zero-order valence-corrected chi connectivity index (χ0v) is 10.2. The first-order valence-electron chi connectivity index (χ1n) is 5.43. The highest BCUT2D eigenvalue weighted by Gasteiger charge is 2.27. The molecule has 3 nitrogen and oxygen atoms in total. The van der Waals surface area contributed by atoms with Crippen LogP contribution >= 0.6 is 0 Å². The van der Waals surface area contributed by atoms with Crippen LogP contribution in [0.5, 0.6) is 0 Å². The van der Waals surface area contributed by atoms with E-state index in [9.17, 15) is 8.42 Å². The van der Waals surface area contributed by atoms with Gasteiger partial charge in [-0.15, -0.1) is 0 Å². The highest BCUT2D eigenvalue weighted by Crippen LogP contribution is 2.20. The second-order valence-corrected chi connectivity index (χ2v) is 7.02. The van der Waals surface area contributed by atoms with Gasteiger partial charge in [-0.05, 0) is 39.0 Å². The molecule has 0 aliphatic carbocycles. The van der Waals surface area contributed by atoms with Crippen molar-refractivity contribution < 1.29 is 8.42 Å². The van der Waals surface area contributed by atoms with Crippen LogP contribution in [0.1, 0.15) is 40.0 Å². The zero-order chi connectivity index (χ0) is 10.8. The number of hydrogen-bond acceptors (Lipinski definition) is 2. The molecule has 0 bridgehead atoms. The van der Waals surface area contributed by atoms with Crippen molar-refractivity contribution in [1.82, 2.24) is 4.31 Å². The lowest BCUT2D eigenvalue weighted by Gasteiger charge is -2.22. The van der Waals surface area contributed by atoms with Gasteiger partial charge in [0.15, 0.2) is 0 Å². The molecule has 1 unspecified atom stereocenters. The summed E-state index contributed by atoms with van der Waals surface area (Å²) in [6.07, 6.45) is 3.17. The molecule has 0 aromatic carbocycles. The van der Waals surface area contributed by atoms with Gasteiger partial charge in [0, 0.05) is 13.1 Å². The van der Waals surface area contributed by atoms with Crippen molar-refractivity contribution >= 4 is 10.0 Å². The standard InChI is InChI=1S/C10H21NO2S/c1-9(2)14(12,13)11-7-4-5-10(3)6-8-11/h9-10H,4-8H2,1-3H3. The van der Waals surface area contributed by atoms with E-state index in [2.05, 4.69) is 6.92 Å². The predicted octanol–water partition coefficient (Wildman–Crippen LogP) is 1.85. The van der Waals surface area contributed by atoms with Crippen LogP contribution in [0.25, 0.3) is 0 Å². The topological polar surface area (TPSA) is 37.4 Å². The molecule has 0 N–H and O–H groups in total. The molecule has 0 aromatic rings. The molecule has 0 aromatic heterocycles. The fraction of sp³-hybridized carbons (Fsp3) is 1.00. The quantitative estimate of drug-likeness (QED) is 0.710. The van der Waals surface area contributed by atoms with E-state index in [0.717, 1.165) is 19.3 Å². The SMILES string of the molecule is CC1CCCN(S(=O)(=O)C(C)C)CC1. The maximum atomic E-state index is 11.9. The van der Waals surface area contributed by atoms with Crippen LogP contribution in [0.2, 0.25) is 0 Å². The van der Waals surface area contributed by atoms with E-state index in [4.69, 9.17) is 0 Å². The third-order valence-electron chi connectivity index (χ3n) is 2.93. The smallest absolute Gasteiger partial charge is 0.212 e. The largest absolute Gasteiger partial charge is 0.216 e. The van der Waals surface area contributed by atoms with E-state index in [1.54, 1.807) is 18.2 Å². The first-order valence-corrected chi connectivity index (χ1v) is 6.94. The van der Waals surface area contributed by atoms with Gasteiger partial charge in [-0.25, -0.2) is 12.7 Å². The van der Waals surface area contributed by atoms with Crippen molar-refractivity contribution in [2.24, 2.45) is 5.92 Å². The van der Waals surface area contributed by atoms with E-state index < -0.39 is 10.0 Å². The minimum atomic E-state index is -3.01. The number of nitrogens with zero attached hydrogens (tertiary/aromatic N) is 1. The molecule has 1 atom stereocenters. The molecular weight excluding hydrogens is 198 g/mol. The summed E-state index contributed by atoms with van der Waals surface area (Å²) in [5, 5.41) is -0.282. The molecule has 0 spiro atoms. The number of sulfonamides is 1. The van der Waals surface area contributed by atoms with Gasteiger partial charge in [0.25, 0.3) is 0 Å². The Morgan fingerprint density at radius 3 is 2.43 bits per heavy atom. The van der Waals surface area contributed by atoms with Crippen molar-refractivity contribution in [3.63, 3.8) is 0 Å². The summed E-state index contributed by atoms with van der Waals surface area (Å²) in [6.45, 7) is 7.13. The molecule has 4 heteroatoms. The van der Waals surface area contributed by atoms with Gasteiger partial charge in [0.05, 0.1) is 5.25 Å². The van der Waals surface area contributed by atoms with Crippen LogP contribution in [0.4, 0.5) is 0 Å². The number of hydrogen-bond donors (Lipinski definition) is 0. The highest BCUT2D eigenvalue weighted by atomic mass is 32.2. The summed E-state index contributed by atoms with van der Waals surface area (Å²) in [7, 11) is -3.01. The Morgan fingerprint density at radius 1 is 1.21 bits per heavy atom. The van der Waals surface area contributed by atoms with Crippen LogP contribution in [-0.4, -0.2) is 31.1 Å². The van der Waals surface area contributed by atoms with Crippen LogP contribution < -0.4 is 0 Å². The third kappa shape index (κ3) is 2.70. The summed E-state index contributed by atoms with van der Waals surface area (Å²) in [6, 6.07) is 0. The van der Waals surface area contributed by atoms with Crippen molar-refractivity contribution in [2.45, 2.75) is 45.3 Å². The van der Waals surface area contributed by atoms with E-state index >= 15 is 0 Å². The van der Waals surface area contributed by atoms with Gasteiger partial charge in [0.1, 0.15) is 0 Å². The summed E-state index contributed by atoms with van der Waals surface area (Å²) in [5.74, 6) is 0.669. The number of rotatable bonds is 2. The predicted molar refractivity (Wildman–Crippen MR) is 58.6 cm³/mol. The van der Waals surface area contributed by atoms with Crippen LogP contribution in [0, 0.1) is 5.92 Å². The maximum absolute atomic E-state index is 11.9. The van der Waals surface area contributed by atoms with Gasteiger partial charge in [-0.3, -0.25) is 0 Å². The molecule has 1 rings (SSSR count). The Labute approximate surface area is 87.5 Å². The average molecular weight is 219 g/mol. The molecule has 1 aliphatic rings. The Kier molecular flexibility index (Phi) is 3.95. The molecule has 1 heterocycles. The van der Waals surface area contributed by atoms with E-state index in [0.29, 0.717) is 19.0 Å². The Bertz CT molecular complexity index is 272. The lowest BCUT2D eigenvalue weighted by atomic mass is 10.0. The second-order valence-electron chi connectivity index (χ2n) is 4.53. The van der Waals surface area contributed by atoms with Crippen molar-refractivity contribution in [3.05, 3.63) is 0 Å². The summed E-state index contributed by atoms with van der Waals surface area (Å²) < 4.78 is 25.4. The van der Waals surface area contributed by atoms with Gasteiger partial charge in [0.2, 0.25) is 10.0 Å². The molecule has 1 fully saturated rings. The molecule has 14 heavy (non-hydrogen) atoms. The van der Waals surface area contributed by atoms with E-state index in [1.807, 2.05) is 0 Å². The Hall–Kier alpha value is -0.0900. The molecule has 0 amide bonds. The maximum Gasteiger partial charge on any atom is 0.216 e. The first-order chi connectivity index (χ1) is 6.44. The summed E-state index contributed by atoms with van der Waals surface area (Å²) in [5.41, 5.74) is 0. The molecular formula is C10H21NO2S. The van der Waals surface area contributed by atoms with Crippen molar-refractivity contribution in [3.8, 4) is 0 Å². The highest BCUT2D eigenvalue weighted by molar-refractivity contribution is 7.89. The third-order valence-corrected chi connectivity index (χ3v) is 5.21. The van der Waals surface area contributed by atoms with Crippen LogP contribution in [0.15, 0.2) is 0 Å². The van der Waals surface area contributed by atoms with Crippen molar-refractivity contribution in [2.75, 3.05) is 13.1 Å². The molecule has 1 aliphatic heterocycles. The lowest BCUT2D eigenvalue weighted by Crippen LogP contribution is -2.37. The minimum Gasteiger partial charge on any atom is -0.212 e. The minimum absolute atomic E-state index is 0.282. The zero-order valence-electron chi connectivity index (χ0n) is 9.36. The monoisotopic (exact) mass is 219 g/mol. The van der Waals surface area contributed by atoms with Gasteiger partial charge in [-0.2, -0.15) is 0 Å². The van der Waals surface area contributed by atoms with Gasteiger partial charge in [-0.1, -0.05) is 6.92 Å². The Balaban J connectivity index is 2.69. The van der Waals surface area contributed by atoms with E-state index in [-0.39, 0.29) is 5.25 Å². The van der Waals surface area contributed by atoms with Gasteiger partial charge >= 0.3 is 0 Å². The van der Waals surface area contributed by atoms with Gasteiger partial charge < -0.3 is 0 Å². The van der Waals surface area contributed by atoms with Crippen LogP contribution in [0.3, 0.4) is 0 Å². The first kappa shape index (κ1) is 12.0. The van der Waals surface area contributed by atoms with Crippen LogP contribution in [-0.2, 0) is 10.0 Å². The molecule has 84 valence electrons. The molecule has 0 radical (unpaired) electrons. The normalized spacial score (nSPS) is 26.4. The Morgan fingerprint density at radius 2 is 1.86 bits per heavy atom. The van der Waals surface area contributed by atoms with Crippen molar-refractivity contribution in [1.29, 1.82) is 0 Å². The molecule has 0 saturated carbocycles. The second kappa shape index (κ2) is 4.62.